The quantitative estimate of drug-likeness (QED) is 0.760. The van der Waals surface area contributed by atoms with Gasteiger partial charge >= 0.3 is 0 Å². The van der Waals surface area contributed by atoms with E-state index in [0.717, 1.165) is 43.6 Å². The molecule has 5 rings (SSSR count). The molecule has 0 radical (unpaired) electrons. The third-order valence-corrected chi connectivity index (χ3v) is 5.60. The maximum atomic E-state index is 6.07. The number of benzene rings is 1. The molecule has 7 nitrogen and oxygen atoms in total. The summed E-state index contributed by atoms with van der Waals surface area (Å²) >= 11 is 1.59. The number of hydrogen-bond acceptors (Lipinski definition) is 8. The number of nitrogens with zero attached hydrogens (tertiary/aromatic N) is 5. The van der Waals surface area contributed by atoms with Gasteiger partial charge in [-0.1, -0.05) is 12.1 Å². The smallest absolute Gasteiger partial charge is 0.215 e. The molecule has 0 saturated carbocycles. The van der Waals surface area contributed by atoms with E-state index < -0.39 is 0 Å². The highest BCUT2D eigenvalue weighted by Crippen LogP contribution is 2.42. The van der Waals surface area contributed by atoms with Gasteiger partial charge < -0.3 is 20.9 Å². The van der Waals surface area contributed by atoms with Crippen LogP contribution in [-0.4, -0.2) is 47.5 Å². The summed E-state index contributed by atoms with van der Waals surface area (Å²) in [6, 6.07) is 12.2. The van der Waals surface area contributed by atoms with Gasteiger partial charge in [0.15, 0.2) is 11.3 Å². The van der Waals surface area contributed by atoms with Gasteiger partial charge in [0.25, 0.3) is 0 Å². The van der Waals surface area contributed by atoms with Crippen molar-refractivity contribution in [3.63, 3.8) is 0 Å². The maximum Gasteiger partial charge on any atom is 0.215 e. The minimum Gasteiger partial charge on any atom is -0.396 e. The van der Waals surface area contributed by atoms with Gasteiger partial charge in [0.05, 0.1) is 17.1 Å². The SMILES string of the molecule is Nc1cccnc1N1CCN(C2=NSC3Nc4ccccc4N23)CC1. The molecule has 0 aliphatic carbocycles. The van der Waals surface area contributed by atoms with Gasteiger partial charge in [-0.3, -0.25) is 4.90 Å². The molecule has 3 N–H and O–H groups in total. The van der Waals surface area contributed by atoms with E-state index in [-0.39, 0.29) is 5.50 Å². The van der Waals surface area contributed by atoms with Crippen LogP contribution in [0.1, 0.15) is 0 Å². The standard InChI is InChI=1S/C17H19N7S/c18-12-4-3-7-19-15(12)22-8-10-23(11-9-22)16-21-25-17-20-13-5-1-2-6-14(13)24(16)17/h1-7,17,20H,8-11,18H2. The number of piperazine rings is 1. The monoisotopic (exact) mass is 353 g/mol. The highest BCUT2D eigenvalue weighted by molar-refractivity contribution is 7.99. The molecule has 0 amide bonds. The Morgan fingerprint density at radius 3 is 2.68 bits per heavy atom. The molecule has 128 valence electrons. The number of fused-ring (bicyclic) bond motifs is 3. The van der Waals surface area contributed by atoms with Crippen LogP contribution in [0.25, 0.3) is 0 Å². The summed E-state index contributed by atoms with van der Waals surface area (Å²) in [6.45, 7) is 3.58. The number of nitrogen functional groups attached to an aromatic ring is 1. The van der Waals surface area contributed by atoms with E-state index in [2.05, 4.69) is 49.3 Å². The lowest BCUT2D eigenvalue weighted by molar-refractivity contribution is 0.380. The van der Waals surface area contributed by atoms with Gasteiger partial charge in [0, 0.05) is 44.3 Å². The largest absolute Gasteiger partial charge is 0.396 e. The van der Waals surface area contributed by atoms with E-state index in [4.69, 9.17) is 10.1 Å². The van der Waals surface area contributed by atoms with Crippen LogP contribution >= 0.6 is 11.9 Å². The average molecular weight is 353 g/mol. The van der Waals surface area contributed by atoms with E-state index in [1.165, 1.54) is 11.4 Å². The second kappa shape index (κ2) is 5.73. The van der Waals surface area contributed by atoms with Crippen molar-refractivity contribution in [2.45, 2.75) is 5.50 Å². The molecule has 1 fully saturated rings. The fraction of sp³-hybridized carbons (Fsp3) is 0.294. The van der Waals surface area contributed by atoms with Crippen LogP contribution in [-0.2, 0) is 0 Å². The normalized spacial score (nSPS) is 21.7. The Labute approximate surface area is 150 Å². The topological polar surface area (TPSA) is 73.0 Å². The fourth-order valence-electron chi connectivity index (χ4n) is 3.56. The number of nitrogens with two attached hydrogens (primary N) is 1. The lowest BCUT2D eigenvalue weighted by atomic mass is 10.2. The minimum absolute atomic E-state index is 0.164. The summed E-state index contributed by atoms with van der Waals surface area (Å²) in [5, 5.41) is 3.52. The molecule has 8 heteroatoms. The van der Waals surface area contributed by atoms with E-state index in [9.17, 15) is 0 Å². The predicted octanol–water partition coefficient (Wildman–Crippen LogP) is 2.02. The molecular weight excluding hydrogens is 334 g/mol. The predicted molar refractivity (Wildman–Crippen MR) is 104 cm³/mol. The van der Waals surface area contributed by atoms with Crippen LogP contribution in [0.3, 0.4) is 0 Å². The summed E-state index contributed by atoms with van der Waals surface area (Å²) in [4.78, 5) is 11.3. The molecule has 3 aliphatic rings. The third-order valence-electron chi connectivity index (χ3n) is 4.81. The van der Waals surface area contributed by atoms with Crippen LogP contribution in [0.4, 0.5) is 22.9 Å². The van der Waals surface area contributed by atoms with Crippen molar-refractivity contribution in [1.29, 1.82) is 0 Å². The first-order valence-corrected chi connectivity index (χ1v) is 9.24. The summed E-state index contributed by atoms with van der Waals surface area (Å²) in [7, 11) is 0. The second-order valence-electron chi connectivity index (χ2n) is 6.27. The summed E-state index contributed by atoms with van der Waals surface area (Å²) in [5.41, 5.74) is 9.35. The number of guanidine groups is 1. The van der Waals surface area contributed by atoms with Crippen LogP contribution in [0.5, 0.6) is 0 Å². The van der Waals surface area contributed by atoms with Crippen LogP contribution in [0.2, 0.25) is 0 Å². The molecule has 1 atom stereocenters. The first-order chi connectivity index (χ1) is 12.3. The third kappa shape index (κ3) is 2.36. The van der Waals surface area contributed by atoms with Gasteiger partial charge in [-0.15, -0.1) is 0 Å². The number of rotatable bonds is 1. The van der Waals surface area contributed by atoms with Crippen molar-refractivity contribution in [1.82, 2.24) is 9.88 Å². The van der Waals surface area contributed by atoms with E-state index in [1.807, 2.05) is 12.1 Å². The number of nitrogens with one attached hydrogen (secondary N) is 1. The van der Waals surface area contributed by atoms with Crippen molar-refractivity contribution in [2.75, 3.05) is 47.0 Å². The van der Waals surface area contributed by atoms with Crippen molar-refractivity contribution in [2.24, 2.45) is 4.40 Å². The second-order valence-corrected chi connectivity index (χ2v) is 7.11. The lowest BCUT2D eigenvalue weighted by Crippen LogP contribution is -2.53. The molecule has 1 unspecified atom stereocenters. The Balaban J connectivity index is 1.33. The van der Waals surface area contributed by atoms with Crippen molar-refractivity contribution < 1.29 is 0 Å². The van der Waals surface area contributed by atoms with Gasteiger partial charge in [-0.25, -0.2) is 4.98 Å². The summed E-state index contributed by atoms with van der Waals surface area (Å²) in [5.74, 6) is 1.93. The van der Waals surface area contributed by atoms with Crippen LogP contribution < -0.4 is 20.9 Å². The van der Waals surface area contributed by atoms with Crippen molar-refractivity contribution in [3.8, 4) is 0 Å². The molecule has 3 aliphatic heterocycles. The van der Waals surface area contributed by atoms with Gasteiger partial charge in [-0.2, -0.15) is 4.40 Å². The first-order valence-electron chi connectivity index (χ1n) is 8.40. The van der Waals surface area contributed by atoms with Gasteiger partial charge in [0.1, 0.15) is 0 Å². The summed E-state index contributed by atoms with van der Waals surface area (Å²) in [6.07, 6.45) is 1.80. The highest BCUT2D eigenvalue weighted by atomic mass is 32.2. The summed E-state index contributed by atoms with van der Waals surface area (Å²) < 4.78 is 4.72. The van der Waals surface area contributed by atoms with Gasteiger partial charge in [-0.05, 0) is 24.3 Å². The number of anilines is 4. The number of para-hydroxylation sites is 2. The Morgan fingerprint density at radius 1 is 1.04 bits per heavy atom. The first kappa shape index (κ1) is 14.7. The fourth-order valence-corrected chi connectivity index (χ4v) is 4.44. The van der Waals surface area contributed by atoms with E-state index in [0.29, 0.717) is 0 Å². The zero-order chi connectivity index (χ0) is 16.8. The Kier molecular flexibility index (Phi) is 3.37. The molecule has 1 aromatic heterocycles. The molecule has 25 heavy (non-hydrogen) atoms. The van der Waals surface area contributed by atoms with Crippen molar-refractivity contribution in [3.05, 3.63) is 42.6 Å². The molecule has 0 spiro atoms. The van der Waals surface area contributed by atoms with Gasteiger partial charge in [0.2, 0.25) is 5.96 Å². The highest BCUT2D eigenvalue weighted by Gasteiger charge is 2.40. The zero-order valence-electron chi connectivity index (χ0n) is 13.7. The van der Waals surface area contributed by atoms with E-state index >= 15 is 0 Å². The number of pyridine rings is 1. The molecule has 0 bridgehead atoms. The molecule has 2 aromatic rings. The van der Waals surface area contributed by atoms with Crippen molar-refractivity contribution >= 4 is 40.8 Å². The molecule has 1 aromatic carbocycles. The Hall–Kier alpha value is -2.61. The van der Waals surface area contributed by atoms with Crippen LogP contribution in [0, 0.1) is 0 Å². The molecule has 1 saturated heterocycles. The number of hydrogen-bond donors (Lipinski definition) is 2. The molecular formula is C17H19N7S. The van der Waals surface area contributed by atoms with E-state index in [1.54, 1.807) is 18.1 Å². The Morgan fingerprint density at radius 2 is 1.84 bits per heavy atom. The molecule has 4 heterocycles. The Bertz CT molecular complexity index is 831. The zero-order valence-corrected chi connectivity index (χ0v) is 14.5. The minimum atomic E-state index is 0.164. The van der Waals surface area contributed by atoms with Crippen LogP contribution in [0.15, 0.2) is 47.0 Å². The maximum absolute atomic E-state index is 6.07. The lowest BCUT2D eigenvalue weighted by Gasteiger charge is -2.38. The number of aromatic nitrogens is 1. The average Bonchev–Trinajstić information content (AvgIpc) is 3.21.